The van der Waals surface area contributed by atoms with E-state index >= 15 is 0 Å². The van der Waals surface area contributed by atoms with E-state index in [0.29, 0.717) is 5.70 Å². The molecule has 2 heterocycles. The molecule has 0 aromatic rings. The number of fused-ring (bicyclic) bond motifs is 1. The van der Waals surface area contributed by atoms with E-state index in [4.69, 9.17) is 0 Å². The van der Waals surface area contributed by atoms with Crippen LogP contribution in [0.2, 0.25) is 0 Å². The third kappa shape index (κ3) is 0.869. The number of nitrogens with one attached hydrogen (secondary N) is 1. The smallest absolute Gasteiger partial charge is 0.255 e. The topological polar surface area (TPSA) is 58.5 Å². The largest absolute Gasteiger partial charge is 0.329 e. The molecule has 0 spiro atoms. The molecule has 0 aromatic heterocycles. The Morgan fingerprint density at radius 1 is 1.55 bits per heavy atom. The standard InChI is InChI=1S/C7H6N2O2/c10-6-3-4-5(9-6)1-2-8-7(4)11/h1-2,4H,3H2,(H,9,10). The zero-order chi connectivity index (χ0) is 7.84. The van der Waals surface area contributed by atoms with Gasteiger partial charge in [0, 0.05) is 18.3 Å². The van der Waals surface area contributed by atoms with Crippen LogP contribution in [0.4, 0.5) is 0 Å². The minimum Gasteiger partial charge on any atom is -0.329 e. The molecule has 0 aliphatic carbocycles. The van der Waals surface area contributed by atoms with Gasteiger partial charge in [0.1, 0.15) is 0 Å². The highest BCUT2D eigenvalue weighted by molar-refractivity contribution is 6.01. The van der Waals surface area contributed by atoms with Crippen molar-refractivity contribution < 1.29 is 9.59 Å². The predicted molar refractivity (Wildman–Crippen MR) is 37.8 cm³/mol. The van der Waals surface area contributed by atoms with E-state index in [1.165, 1.54) is 6.21 Å². The van der Waals surface area contributed by atoms with Crippen LogP contribution in [-0.4, -0.2) is 18.0 Å². The predicted octanol–water partition coefficient (Wildman–Crippen LogP) is -0.383. The molecule has 2 aliphatic rings. The summed E-state index contributed by atoms with van der Waals surface area (Å²) in [7, 11) is 0. The molecule has 0 aromatic carbocycles. The highest BCUT2D eigenvalue weighted by Crippen LogP contribution is 2.22. The summed E-state index contributed by atoms with van der Waals surface area (Å²) in [6, 6.07) is 0. The Labute approximate surface area is 63.0 Å². The van der Waals surface area contributed by atoms with Gasteiger partial charge in [-0.15, -0.1) is 0 Å². The van der Waals surface area contributed by atoms with E-state index in [1.807, 2.05) is 0 Å². The van der Waals surface area contributed by atoms with Gasteiger partial charge < -0.3 is 5.32 Å². The van der Waals surface area contributed by atoms with Gasteiger partial charge in [-0.1, -0.05) is 0 Å². The molecular formula is C7H6N2O2. The number of rotatable bonds is 0. The van der Waals surface area contributed by atoms with Gasteiger partial charge in [0.15, 0.2) is 0 Å². The van der Waals surface area contributed by atoms with Gasteiger partial charge in [-0.05, 0) is 6.08 Å². The molecule has 2 aliphatic heterocycles. The van der Waals surface area contributed by atoms with E-state index < -0.39 is 0 Å². The number of allylic oxidation sites excluding steroid dienone is 1. The average molecular weight is 150 g/mol. The Morgan fingerprint density at radius 2 is 2.36 bits per heavy atom. The quantitative estimate of drug-likeness (QED) is 0.511. The van der Waals surface area contributed by atoms with Crippen molar-refractivity contribution in [3.8, 4) is 0 Å². The molecule has 4 heteroatoms. The second kappa shape index (κ2) is 2.02. The van der Waals surface area contributed by atoms with Gasteiger partial charge in [0.05, 0.1) is 5.92 Å². The van der Waals surface area contributed by atoms with Crippen LogP contribution in [0.1, 0.15) is 6.42 Å². The number of hydrogen-bond acceptors (Lipinski definition) is 2. The first-order valence-corrected chi connectivity index (χ1v) is 3.35. The number of carbonyl (C=O) groups is 2. The summed E-state index contributed by atoms with van der Waals surface area (Å²) in [5, 5.41) is 2.60. The summed E-state index contributed by atoms with van der Waals surface area (Å²) < 4.78 is 0. The second-order valence-corrected chi connectivity index (χ2v) is 2.54. The maximum absolute atomic E-state index is 11.0. The van der Waals surface area contributed by atoms with Gasteiger partial charge in [0.2, 0.25) is 5.91 Å². The van der Waals surface area contributed by atoms with Gasteiger partial charge in [-0.25, -0.2) is 4.99 Å². The van der Waals surface area contributed by atoms with Crippen molar-refractivity contribution in [1.29, 1.82) is 0 Å². The molecule has 1 atom stereocenters. The average Bonchev–Trinajstić information content (AvgIpc) is 2.31. The molecule has 1 saturated heterocycles. The lowest BCUT2D eigenvalue weighted by molar-refractivity contribution is -0.123. The normalized spacial score (nSPS) is 28.0. The van der Waals surface area contributed by atoms with E-state index in [2.05, 4.69) is 10.3 Å². The van der Waals surface area contributed by atoms with Crippen LogP contribution in [0.5, 0.6) is 0 Å². The van der Waals surface area contributed by atoms with Gasteiger partial charge in [-0.2, -0.15) is 0 Å². The third-order valence-electron chi connectivity index (χ3n) is 1.80. The van der Waals surface area contributed by atoms with E-state index in [1.54, 1.807) is 6.08 Å². The Balaban J connectivity index is 2.35. The van der Waals surface area contributed by atoms with Gasteiger partial charge in [0.25, 0.3) is 5.91 Å². The fraction of sp³-hybridized carbons (Fsp3) is 0.286. The number of carbonyl (C=O) groups excluding carboxylic acids is 2. The Kier molecular flexibility index (Phi) is 1.15. The van der Waals surface area contributed by atoms with Crippen molar-refractivity contribution in [2.75, 3.05) is 0 Å². The number of aliphatic imine (C=N–C) groups is 1. The van der Waals surface area contributed by atoms with Crippen molar-refractivity contribution in [3.05, 3.63) is 11.8 Å². The molecule has 1 N–H and O–H groups in total. The SMILES string of the molecule is O=C1CC2C(=O)N=CC=C2N1. The third-order valence-corrected chi connectivity index (χ3v) is 1.80. The molecule has 56 valence electrons. The fourth-order valence-electron chi connectivity index (χ4n) is 1.25. The molecule has 4 nitrogen and oxygen atoms in total. The summed E-state index contributed by atoms with van der Waals surface area (Å²) in [5.41, 5.74) is 0.690. The van der Waals surface area contributed by atoms with E-state index in [-0.39, 0.29) is 24.2 Å². The number of amides is 2. The molecule has 11 heavy (non-hydrogen) atoms. The molecular weight excluding hydrogens is 144 g/mol. The second-order valence-electron chi connectivity index (χ2n) is 2.54. The summed E-state index contributed by atoms with van der Waals surface area (Å²) in [6.45, 7) is 0. The molecule has 0 saturated carbocycles. The molecule has 1 unspecified atom stereocenters. The zero-order valence-corrected chi connectivity index (χ0v) is 5.70. The first-order chi connectivity index (χ1) is 5.27. The summed E-state index contributed by atoms with van der Waals surface area (Å²) in [4.78, 5) is 25.4. The van der Waals surface area contributed by atoms with Crippen LogP contribution in [-0.2, 0) is 9.59 Å². The number of hydrogen-bond donors (Lipinski definition) is 1. The number of dihydropyridines is 1. The van der Waals surface area contributed by atoms with Crippen molar-refractivity contribution in [1.82, 2.24) is 5.32 Å². The Bertz CT molecular complexity index is 291. The maximum atomic E-state index is 11.0. The monoisotopic (exact) mass is 150 g/mol. The number of nitrogens with zero attached hydrogens (tertiary/aromatic N) is 1. The lowest BCUT2D eigenvalue weighted by atomic mass is 10.0. The molecule has 0 bridgehead atoms. The van der Waals surface area contributed by atoms with Crippen LogP contribution < -0.4 is 5.32 Å². The van der Waals surface area contributed by atoms with Crippen LogP contribution in [0.3, 0.4) is 0 Å². The van der Waals surface area contributed by atoms with Crippen LogP contribution >= 0.6 is 0 Å². The lowest BCUT2D eigenvalue weighted by Gasteiger charge is -2.07. The Hall–Kier alpha value is -1.45. The summed E-state index contributed by atoms with van der Waals surface area (Å²) in [5.74, 6) is -0.645. The van der Waals surface area contributed by atoms with E-state index in [0.717, 1.165) is 0 Å². The minimum absolute atomic E-state index is 0.0971. The van der Waals surface area contributed by atoms with Crippen molar-refractivity contribution in [2.45, 2.75) is 6.42 Å². The highest BCUT2D eigenvalue weighted by atomic mass is 16.2. The molecule has 2 rings (SSSR count). The van der Waals surface area contributed by atoms with E-state index in [9.17, 15) is 9.59 Å². The summed E-state index contributed by atoms with van der Waals surface area (Å²) >= 11 is 0. The van der Waals surface area contributed by atoms with Crippen LogP contribution in [0.15, 0.2) is 16.8 Å². The van der Waals surface area contributed by atoms with Crippen molar-refractivity contribution in [3.63, 3.8) is 0 Å². The highest BCUT2D eigenvalue weighted by Gasteiger charge is 2.33. The molecule has 1 fully saturated rings. The summed E-state index contributed by atoms with van der Waals surface area (Å²) in [6.07, 6.45) is 3.33. The van der Waals surface area contributed by atoms with Crippen molar-refractivity contribution in [2.24, 2.45) is 10.9 Å². The Morgan fingerprint density at radius 3 is 3.09 bits per heavy atom. The molecule has 2 amide bonds. The first kappa shape index (κ1) is 6.27. The fourth-order valence-corrected chi connectivity index (χ4v) is 1.25. The van der Waals surface area contributed by atoms with Gasteiger partial charge >= 0.3 is 0 Å². The first-order valence-electron chi connectivity index (χ1n) is 3.35. The van der Waals surface area contributed by atoms with Crippen LogP contribution in [0, 0.1) is 5.92 Å². The van der Waals surface area contributed by atoms with Crippen LogP contribution in [0.25, 0.3) is 0 Å². The molecule has 0 radical (unpaired) electrons. The zero-order valence-electron chi connectivity index (χ0n) is 5.70. The maximum Gasteiger partial charge on any atom is 0.255 e. The minimum atomic E-state index is -0.326. The lowest BCUT2D eigenvalue weighted by Crippen LogP contribution is -2.18. The van der Waals surface area contributed by atoms with Crippen molar-refractivity contribution >= 4 is 18.0 Å². The van der Waals surface area contributed by atoms with Gasteiger partial charge in [-0.3, -0.25) is 9.59 Å².